The number of hydrogen-bond donors (Lipinski definition) is 1. The van der Waals surface area contributed by atoms with Crippen LogP contribution < -0.4 is 10.1 Å². The van der Waals surface area contributed by atoms with E-state index in [0.29, 0.717) is 17.9 Å². The Morgan fingerprint density at radius 2 is 2.04 bits per heavy atom. The van der Waals surface area contributed by atoms with E-state index in [1.165, 1.54) is 18.4 Å². The maximum atomic E-state index is 12.6. The van der Waals surface area contributed by atoms with E-state index in [4.69, 9.17) is 4.74 Å². The van der Waals surface area contributed by atoms with E-state index in [1.807, 2.05) is 12.1 Å². The van der Waals surface area contributed by atoms with Crippen LogP contribution in [0.3, 0.4) is 0 Å². The van der Waals surface area contributed by atoms with E-state index in [-0.39, 0.29) is 11.4 Å². The number of nitrogens with zero attached hydrogens (tertiary/aromatic N) is 1. The molecule has 1 saturated carbocycles. The molecule has 2 aromatic carbocycles. The van der Waals surface area contributed by atoms with Crippen molar-refractivity contribution in [1.29, 1.82) is 0 Å². The molecule has 2 heterocycles. The highest BCUT2D eigenvalue weighted by atomic mass is 79.9. The van der Waals surface area contributed by atoms with Crippen molar-refractivity contribution >= 4 is 21.8 Å². The first-order valence-corrected chi connectivity index (χ1v) is 9.80. The molecule has 0 atom stereocenters. The quantitative estimate of drug-likeness (QED) is 0.780. The summed E-state index contributed by atoms with van der Waals surface area (Å²) in [6.07, 6.45) is 2.37. The van der Waals surface area contributed by atoms with Gasteiger partial charge in [0, 0.05) is 30.7 Å². The third-order valence-corrected chi connectivity index (χ3v) is 6.35. The standard InChI is InChI=1S/C21H23BrN2O2/c1-26-19-9-17(7-8-18(19)22)20(25)23-14-21-10-16(11-21)13-24(21)12-15-5-3-2-4-6-15/h2-9,16H,10-14H2,1H3,(H,23,25). The molecule has 26 heavy (non-hydrogen) atoms. The van der Waals surface area contributed by atoms with E-state index in [9.17, 15) is 4.79 Å². The molecule has 1 amide bonds. The van der Waals surface area contributed by atoms with Gasteiger partial charge in [-0.05, 0) is 58.5 Å². The van der Waals surface area contributed by atoms with Crippen LogP contribution in [0.15, 0.2) is 53.0 Å². The Hall–Kier alpha value is -1.85. The molecule has 3 fully saturated rings. The van der Waals surface area contributed by atoms with Gasteiger partial charge in [-0.15, -0.1) is 0 Å². The van der Waals surface area contributed by atoms with E-state index >= 15 is 0 Å². The summed E-state index contributed by atoms with van der Waals surface area (Å²) in [7, 11) is 1.61. The predicted octanol–water partition coefficient (Wildman–Crippen LogP) is 3.85. The van der Waals surface area contributed by atoms with Crippen molar-refractivity contribution in [3.63, 3.8) is 0 Å². The number of hydrogen-bond acceptors (Lipinski definition) is 3. The van der Waals surface area contributed by atoms with Gasteiger partial charge in [0.25, 0.3) is 5.91 Å². The molecule has 5 heteroatoms. The highest BCUT2D eigenvalue weighted by Gasteiger charge is 2.55. The first-order chi connectivity index (χ1) is 12.6. The van der Waals surface area contributed by atoms with Crippen LogP contribution in [0.5, 0.6) is 5.75 Å². The molecule has 2 aliphatic heterocycles. The molecule has 2 aromatic rings. The lowest BCUT2D eigenvalue weighted by Crippen LogP contribution is -2.53. The Labute approximate surface area is 162 Å². The van der Waals surface area contributed by atoms with Gasteiger partial charge in [0.2, 0.25) is 0 Å². The van der Waals surface area contributed by atoms with Gasteiger partial charge in [0.05, 0.1) is 11.6 Å². The average molecular weight is 415 g/mol. The van der Waals surface area contributed by atoms with Crippen molar-refractivity contribution in [2.75, 3.05) is 20.2 Å². The number of nitrogens with one attached hydrogen (secondary N) is 1. The summed E-state index contributed by atoms with van der Waals surface area (Å²) in [4.78, 5) is 15.2. The molecule has 1 N–H and O–H groups in total. The molecule has 2 bridgehead atoms. The molecule has 0 spiro atoms. The maximum Gasteiger partial charge on any atom is 0.251 e. The zero-order chi connectivity index (χ0) is 18.1. The van der Waals surface area contributed by atoms with Gasteiger partial charge >= 0.3 is 0 Å². The van der Waals surface area contributed by atoms with Gasteiger partial charge < -0.3 is 10.1 Å². The SMILES string of the molecule is COc1cc(C(=O)NCC23CC(CN2Cc2ccccc2)C3)ccc1Br. The Morgan fingerprint density at radius 3 is 2.77 bits per heavy atom. The van der Waals surface area contributed by atoms with Crippen LogP contribution in [0, 0.1) is 5.92 Å². The summed E-state index contributed by atoms with van der Waals surface area (Å²) in [5.74, 6) is 1.41. The molecular formula is C21H23BrN2O2. The Bertz CT molecular complexity index is 803. The van der Waals surface area contributed by atoms with Crippen LogP contribution in [-0.4, -0.2) is 36.5 Å². The molecule has 4 nitrogen and oxygen atoms in total. The number of carbonyl (C=O) groups is 1. The highest BCUT2D eigenvalue weighted by Crippen LogP contribution is 2.50. The van der Waals surface area contributed by atoms with Crippen molar-refractivity contribution in [2.45, 2.75) is 24.9 Å². The van der Waals surface area contributed by atoms with E-state index < -0.39 is 0 Å². The van der Waals surface area contributed by atoms with Crippen LogP contribution in [0.4, 0.5) is 0 Å². The van der Waals surface area contributed by atoms with Crippen molar-refractivity contribution in [2.24, 2.45) is 5.92 Å². The predicted molar refractivity (Wildman–Crippen MR) is 105 cm³/mol. The Morgan fingerprint density at radius 1 is 1.27 bits per heavy atom. The Balaban J connectivity index is 1.41. The Kier molecular flexibility index (Phi) is 4.76. The zero-order valence-electron chi connectivity index (χ0n) is 14.9. The summed E-state index contributed by atoms with van der Waals surface area (Å²) in [6.45, 7) is 2.80. The first-order valence-electron chi connectivity index (χ1n) is 9.00. The molecule has 3 aliphatic rings. The van der Waals surface area contributed by atoms with E-state index in [0.717, 1.165) is 23.5 Å². The first kappa shape index (κ1) is 17.6. The molecule has 2 saturated heterocycles. The monoisotopic (exact) mass is 414 g/mol. The second-order valence-electron chi connectivity index (χ2n) is 7.40. The molecular weight excluding hydrogens is 392 g/mol. The largest absolute Gasteiger partial charge is 0.496 e. The number of amides is 1. The number of ether oxygens (including phenoxy) is 1. The molecule has 0 aromatic heterocycles. The van der Waals surface area contributed by atoms with Crippen LogP contribution in [-0.2, 0) is 6.54 Å². The van der Waals surface area contributed by atoms with Crippen molar-refractivity contribution in [3.8, 4) is 5.75 Å². The van der Waals surface area contributed by atoms with Gasteiger partial charge in [-0.3, -0.25) is 9.69 Å². The van der Waals surface area contributed by atoms with Crippen molar-refractivity contribution in [1.82, 2.24) is 10.2 Å². The summed E-state index contributed by atoms with van der Waals surface area (Å²) in [5.41, 5.74) is 2.09. The fraction of sp³-hybridized carbons (Fsp3) is 0.381. The van der Waals surface area contributed by atoms with Crippen LogP contribution in [0.25, 0.3) is 0 Å². The maximum absolute atomic E-state index is 12.6. The highest BCUT2D eigenvalue weighted by molar-refractivity contribution is 9.10. The molecule has 136 valence electrons. The molecule has 0 unspecified atom stereocenters. The lowest BCUT2D eigenvalue weighted by atomic mass is 9.73. The number of rotatable bonds is 6. The van der Waals surface area contributed by atoms with Crippen LogP contribution in [0.2, 0.25) is 0 Å². The average Bonchev–Trinajstić information content (AvgIpc) is 3.14. The number of benzene rings is 2. The van der Waals surface area contributed by atoms with Gasteiger partial charge in [-0.25, -0.2) is 0 Å². The van der Waals surface area contributed by atoms with Crippen molar-refractivity contribution < 1.29 is 9.53 Å². The lowest BCUT2D eigenvalue weighted by molar-refractivity contribution is 0.0798. The minimum absolute atomic E-state index is 0.0415. The van der Waals surface area contributed by atoms with E-state index in [2.05, 4.69) is 56.5 Å². The number of fused-ring (bicyclic) bond motifs is 1. The smallest absolute Gasteiger partial charge is 0.251 e. The van der Waals surface area contributed by atoms with Gasteiger partial charge in [0.1, 0.15) is 5.75 Å². The summed E-state index contributed by atoms with van der Waals surface area (Å²) < 4.78 is 6.14. The topological polar surface area (TPSA) is 41.6 Å². The second kappa shape index (κ2) is 7.05. The molecule has 1 aliphatic carbocycles. The summed E-state index contributed by atoms with van der Waals surface area (Å²) >= 11 is 3.42. The summed E-state index contributed by atoms with van der Waals surface area (Å²) in [6, 6.07) is 16.0. The zero-order valence-corrected chi connectivity index (χ0v) is 16.5. The van der Waals surface area contributed by atoms with Gasteiger partial charge in [0.15, 0.2) is 0 Å². The van der Waals surface area contributed by atoms with Gasteiger partial charge in [-0.2, -0.15) is 0 Å². The number of methoxy groups -OCH3 is 1. The second-order valence-corrected chi connectivity index (χ2v) is 8.25. The van der Waals surface area contributed by atoms with Gasteiger partial charge in [-0.1, -0.05) is 30.3 Å². The molecule has 0 radical (unpaired) electrons. The fourth-order valence-corrected chi connectivity index (χ4v) is 4.76. The van der Waals surface area contributed by atoms with E-state index in [1.54, 1.807) is 13.2 Å². The van der Waals surface area contributed by atoms with Crippen molar-refractivity contribution in [3.05, 3.63) is 64.1 Å². The minimum Gasteiger partial charge on any atom is -0.496 e. The third-order valence-electron chi connectivity index (χ3n) is 5.69. The molecule has 5 rings (SSSR count). The fourth-order valence-electron chi connectivity index (χ4n) is 4.35. The number of halogens is 1. The normalized spacial score (nSPS) is 24.2. The number of carbonyl (C=O) groups excluding carboxylic acids is 1. The summed E-state index contributed by atoms with van der Waals surface area (Å²) in [5, 5.41) is 3.15. The van der Waals surface area contributed by atoms with Crippen LogP contribution >= 0.6 is 15.9 Å². The lowest BCUT2D eigenvalue weighted by Gasteiger charge is -2.42. The van der Waals surface area contributed by atoms with Crippen LogP contribution in [0.1, 0.15) is 28.8 Å². The minimum atomic E-state index is -0.0415. The third kappa shape index (κ3) is 3.26.